The van der Waals surface area contributed by atoms with Gasteiger partial charge < -0.3 is 11.1 Å². The molecule has 1 fully saturated rings. The van der Waals surface area contributed by atoms with Gasteiger partial charge in [-0.1, -0.05) is 27.2 Å². The van der Waals surface area contributed by atoms with Crippen LogP contribution in [0.2, 0.25) is 0 Å². The molecule has 1 aliphatic rings. The molecule has 0 aromatic carbocycles. The molecule has 2 atom stereocenters. The lowest BCUT2D eigenvalue weighted by molar-refractivity contribution is -0.139. The minimum atomic E-state index is -0.649. The highest BCUT2D eigenvalue weighted by Gasteiger charge is 2.34. The summed E-state index contributed by atoms with van der Waals surface area (Å²) in [6.45, 7) is 5.81. The zero-order chi connectivity index (χ0) is 17.6. The topological polar surface area (TPSA) is 110 Å². The first kappa shape index (κ1) is 19.1. The summed E-state index contributed by atoms with van der Waals surface area (Å²) in [6, 6.07) is -0.649. The van der Waals surface area contributed by atoms with E-state index in [2.05, 4.69) is 5.32 Å². The Morgan fingerprint density at radius 2 is 1.91 bits per heavy atom. The van der Waals surface area contributed by atoms with Gasteiger partial charge in [0.15, 0.2) is 0 Å². The summed E-state index contributed by atoms with van der Waals surface area (Å²) in [5, 5.41) is 2.64. The molecule has 23 heavy (non-hydrogen) atoms. The smallest absolute Gasteiger partial charge is 0.240 e. The lowest BCUT2D eigenvalue weighted by Gasteiger charge is -2.19. The average Bonchev–Trinajstić information content (AvgIpc) is 2.69. The zero-order valence-corrected chi connectivity index (χ0v) is 14.1. The highest BCUT2D eigenvalue weighted by molar-refractivity contribution is 6.03. The molecule has 1 aliphatic heterocycles. The minimum Gasteiger partial charge on any atom is -0.368 e. The van der Waals surface area contributed by atoms with Crippen LogP contribution >= 0.6 is 0 Å². The largest absolute Gasteiger partial charge is 0.368 e. The fraction of sp³-hybridized carbons (Fsp3) is 0.750. The molecule has 1 rings (SSSR count). The van der Waals surface area contributed by atoms with Crippen molar-refractivity contribution in [3.8, 4) is 0 Å². The van der Waals surface area contributed by atoms with Gasteiger partial charge in [-0.05, 0) is 18.8 Å². The molecule has 1 heterocycles. The molecule has 1 unspecified atom stereocenters. The molecule has 0 saturated carbocycles. The zero-order valence-electron chi connectivity index (χ0n) is 14.1. The van der Waals surface area contributed by atoms with Crippen molar-refractivity contribution in [2.75, 3.05) is 6.54 Å². The first-order chi connectivity index (χ1) is 10.7. The van der Waals surface area contributed by atoms with E-state index in [1.54, 1.807) is 6.92 Å². The van der Waals surface area contributed by atoms with Gasteiger partial charge in [-0.3, -0.25) is 24.1 Å². The van der Waals surface area contributed by atoms with E-state index < -0.39 is 11.9 Å². The van der Waals surface area contributed by atoms with Gasteiger partial charge >= 0.3 is 0 Å². The number of primary amides is 1. The van der Waals surface area contributed by atoms with Crippen molar-refractivity contribution in [3.05, 3.63) is 0 Å². The predicted molar refractivity (Wildman–Crippen MR) is 84.9 cm³/mol. The molecule has 0 aromatic rings. The minimum absolute atomic E-state index is 0.0503. The number of imide groups is 1. The van der Waals surface area contributed by atoms with Gasteiger partial charge in [0.05, 0.1) is 0 Å². The third-order valence-corrected chi connectivity index (χ3v) is 4.04. The number of carbonyl (C=O) groups is 4. The van der Waals surface area contributed by atoms with Gasteiger partial charge in [0.2, 0.25) is 23.6 Å². The summed E-state index contributed by atoms with van der Waals surface area (Å²) in [5.74, 6) is -1.21. The summed E-state index contributed by atoms with van der Waals surface area (Å²) in [5.41, 5.74) is 5.25. The number of carbonyl (C=O) groups excluding carboxylic acids is 4. The van der Waals surface area contributed by atoms with Crippen molar-refractivity contribution in [2.24, 2.45) is 17.6 Å². The first-order valence-electron chi connectivity index (χ1n) is 8.17. The predicted octanol–water partition coefficient (Wildman–Crippen LogP) is 0.568. The van der Waals surface area contributed by atoms with Gasteiger partial charge in [0.1, 0.15) is 6.04 Å². The Hall–Kier alpha value is -1.92. The van der Waals surface area contributed by atoms with E-state index in [9.17, 15) is 19.2 Å². The van der Waals surface area contributed by atoms with Crippen LogP contribution in [0.1, 0.15) is 52.9 Å². The normalized spacial score (nSPS) is 19.3. The first-order valence-corrected chi connectivity index (χ1v) is 8.17. The van der Waals surface area contributed by atoms with Crippen LogP contribution in [0.4, 0.5) is 0 Å². The lowest BCUT2D eigenvalue weighted by atomic mass is 10.0. The monoisotopic (exact) mass is 325 g/mol. The maximum Gasteiger partial charge on any atom is 0.240 e. The van der Waals surface area contributed by atoms with Crippen molar-refractivity contribution in [2.45, 2.75) is 58.9 Å². The number of nitrogens with two attached hydrogens (primary N) is 1. The molecule has 7 heteroatoms. The van der Waals surface area contributed by atoms with Crippen molar-refractivity contribution in [1.29, 1.82) is 0 Å². The maximum absolute atomic E-state index is 11.8. The summed E-state index contributed by atoms with van der Waals surface area (Å²) >= 11 is 0. The lowest BCUT2D eigenvalue weighted by Crippen LogP contribution is -2.47. The van der Waals surface area contributed by atoms with E-state index in [1.165, 1.54) is 4.90 Å². The number of hydrogen-bond donors (Lipinski definition) is 2. The summed E-state index contributed by atoms with van der Waals surface area (Å²) < 4.78 is 0. The molecule has 130 valence electrons. The molecule has 3 N–H and O–H groups in total. The quantitative estimate of drug-likeness (QED) is 0.477. The van der Waals surface area contributed by atoms with Crippen LogP contribution in [0.3, 0.4) is 0 Å². The summed E-state index contributed by atoms with van der Waals surface area (Å²) in [7, 11) is 0. The second-order valence-electron chi connectivity index (χ2n) is 6.49. The molecular formula is C16H27N3O4. The number of nitrogens with zero attached hydrogens (tertiary/aromatic N) is 1. The molecule has 1 saturated heterocycles. The van der Waals surface area contributed by atoms with Gasteiger partial charge in [-0.2, -0.15) is 0 Å². The Kier molecular flexibility index (Phi) is 7.19. The fourth-order valence-electron chi connectivity index (χ4n) is 2.63. The van der Waals surface area contributed by atoms with E-state index in [0.29, 0.717) is 32.2 Å². The van der Waals surface area contributed by atoms with Crippen LogP contribution in [0, 0.1) is 11.8 Å². The standard InChI is InChI=1S/C16H27N3O4/c1-10(2)14(15(17)22)18-12(20)7-5-4-6-8-19-13(21)9-11(3)16(19)23/h10-11,14H,4-9H2,1-3H3,(H2,17,22)(H,18,20)/t11?,14-/m0/s1. The Morgan fingerprint density at radius 1 is 1.26 bits per heavy atom. The molecule has 0 bridgehead atoms. The van der Waals surface area contributed by atoms with Gasteiger partial charge in [0, 0.05) is 25.3 Å². The van der Waals surface area contributed by atoms with Crippen molar-refractivity contribution in [3.63, 3.8) is 0 Å². The molecular weight excluding hydrogens is 298 g/mol. The van der Waals surface area contributed by atoms with Crippen LogP contribution in [0.15, 0.2) is 0 Å². The molecule has 0 spiro atoms. The number of unbranched alkanes of at least 4 members (excludes halogenated alkanes) is 2. The van der Waals surface area contributed by atoms with Crippen molar-refractivity contribution < 1.29 is 19.2 Å². The van der Waals surface area contributed by atoms with E-state index in [1.807, 2.05) is 13.8 Å². The van der Waals surface area contributed by atoms with Gasteiger partial charge in [-0.25, -0.2) is 0 Å². The molecule has 0 aromatic heterocycles. The Labute approximate surface area is 137 Å². The summed E-state index contributed by atoms with van der Waals surface area (Å²) in [4.78, 5) is 47.7. The Morgan fingerprint density at radius 3 is 2.39 bits per heavy atom. The van der Waals surface area contributed by atoms with Crippen LogP contribution in [0.25, 0.3) is 0 Å². The Balaban J connectivity index is 2.22. The number of likely N-dealkylation sites (tertiary alicyclic amines) is 1. The highest BCUT2D eigenvalue weighted by Crippen LogP contribution is 2.19. The molecule has 0 aliphatic carbocycles. The van der Waals surface area contributed by atoms with Crippen molar-refractivity contribution in [1.82, 2.24) is 10.2 Å². The fourth-order valence-corrected chi connectivity index (χ4v) is 2.63. The van der Waals surface area contributed by atoms with Crippen LogP contribution in [-0.4, -0.2) is 41.1 Å². The third kappa shape index (κ3) is 5.65. The average molecular weight is 325 g/mol. The van der Waals surface area contributed by atoms with Crippen LogP contribution in [0.5, 0.6) is 0 Å². The highest BCUT2D eigenvalue weighted by atomic mass is 16.2. The van der Waals surface area contributed by atoms with E-state index >= 15 is 0 Å². The van der Waals surface area contributed by atoms with Crippen molar-refractivity contribution >= 4 is 23.6 Å². The molecule has 4 amide bonds. The number of hydrogen-bond acceptors (Lipinski definition) is 4. The molecule has 7 nitrogen and oxygen atoms in total. The summed E-state index contributed by atoms with van der Waals surface area (Å²) in [6.07, 6.45) is 2.66. The van der Waals surface area contributed by atoms with Gasteiger partial charge in [0.25, 0.3) is 0 Å². The SMILES string of the molecule is CC1CC(=O)N(CCCCCC(=O)N[C@H](C(N)=O)C(C)C)C1=O. The number of amides is 4. The second kappa shape index (κ2) is 8.64. The van der Waals surface area contributed by atoms with Crippen LogP contribution < -0.4 is 11.1 Å². The van der Waals surface area contributed by atoms with E-state index in [4.69, 9.17) is 5.73 Å². The van der Waals surface area contributed by atoms with E-state index in [0.717, 1.165) is 6.42 Å². The van der Waals surface area contributed by atoms with Crippen LogP contribution in [-0.2, 0) is 19.2 Å². The second-order valence-corrected chi connectivity index (χ2v) is 6.49. The van der Waals surface area contributed by atoms with E-state index in [-0.39, 0.29) is 29.6 Å². The Bertz CT molecular complexity index is 476. The molecule has 0 radical (unpaired) electrons. The third-order valence-electron chi connectivity index (χ3n) is 4.04. The maximum atomic E-state index is 11.8. The van der Waals surface area contributed by atoms with Gasteiger partial charge in [-0.15, -0.1) is 0 Å². The number of nitrogens with one attached hydrogen (secondary N) is 1. The number of rotatable bonds is 9.